The second-order valence-electron chi connectivity index (χ2n) is 6.17. The molecular weight excluding hydrogens is 332 g/mol. The van der Waals surface area contributed by atoms with Crippen LogP contribution in [0, 0.1) is 0 Å². The maximum Gasteiger partial charge on any atom is 0.221 e. The van der Waals surface area contributed by atoms with Gasteiger partial charge in [0.15, 0.2) is 0 Å². The van der Waals surface area contributed by atoms with E-state index in [0.29, 0.717) is 6.10 Å². The van der Waals surface area contributed by atoms with Crippen LogP contribution in [0.25, 0.3) is 11.1 Å². The lowest BCUT2D eigenvalue weighted by atomic mass is 10.1. The van der Waals surface area contributed by atoms with Crippen LogP contribution < -0.4 is 4.74 Å². The van der Waals surface area contributed by atoms with Crippen molar-refractivity contribution in [3.05, 3.63) is 60.6 Å². The van der Waals surface area contributed by atoms with Crippen molar-refractivity contribution >= 4 is 11.8 Å². The van der Waals surface area contributed by atoms with E-state index in [9.17, 15) is 0 Å². The molecule has 1 aliphatic carbocycles. The lowest BCUT2D eigenvalue weighted by molar-refractivity contribution is 0.202. The normalized spacial score (nSPS) is 14.7. The first-order chi connectivity index (χ1) is 12.4. The predicted octanol–water partition coefficient (Wildman–Crippen LogP) is 5.35. The highest BCUT2D eigenvalue weighted by Crippen LogP contribution is 2.33. The Bertz CT molecular complexity index is 797. The zero-order chi connectivity index (χ0) is 16.9. The van der Waals surface area contributed by atoms with Gasteiger partial charge in [-0.2, -0.15) is 0 Å². The van der Waals surface area contributed by atoms with Gasteiger partial charge in [-0.25, -0.2) is 4.98 Å². The van der Waals surface area contributed by atoms with E-state index in [2.05, 4.69) is 40.5 Å². The first kappa shape index (κ1) is 16.2. The fourth-order valence-corrected chi connectivity index (χ4v) is 3.86. The summed E-state index contributed by atoms with van der Waals surface area (Å²) in [5.41, 5.74) is 2.19. The monoisotopic (exact) mass is 352 g/mol. The third kappa shape index (κ3) is 4.04. The highest BCUT2D eigenvalue weighted by atomic mass is 32.2. The molecule has 25 heavy (non-hydrogen) atoms. The lowest BCUT2D eigenvalue weighted by Crippen LogP contribution is -2.12. The van der Waals surface area contributed by atoms with E-state index in [0.717, 1.165) is 41.4 Å². The Labute approximate surface area is 151 Å². The number of ether oxygens (including phenoxy) is 1. The van der Waals surface area contributed by atoms with Crippen LogP contribution >= 0.6 is 11.8 Å². The van der Waals surface area contributed by atoms with E-state index in [1.165, 1.54) is 17.7 Å². The third-order valence-electron chi connectivity index (χ3n) is 4.39. The van der Waals surface area contributed by atoms with Gasteiger partial charge in [-0.15, -0.1) is 11.8 Å². The van der Waals surface area contributed by atoms with E-state index >= 15 is 0 Å². The van der Waals surface area contributed by atoms with Crippen LogP contribution in [0.15, 0.2) is 64.3 Å². The Morgan fingerprint density at radius 2 is 1.88 bits per heavy atom. The summed E-state index contributed by atoms with van der Waals surface area (Å²) in [6, 6.07) is 14.4. The number of pyridine rings is 1. The van der Waals surface area contributed by atoms with Crippen LogP contribution in [0.5, 0.6) is 5.88 Å². The van der Waals surface area contributed by atoms with Gasteiger partial charge in [0.2, 0.25) is 5.88 Å². The molecule has 2 heterocycles. The Hall–Kier alpha value is -2.27. The summed E-state index contributed by atoms with van der Waals surface area (Å²) in [4.78, 5) is 5.66. The minimum absolute atomic E-state index is 0.311. The molecule has 1 aliphatic rings. The van der Waals surface area contributed by atoms with Crippen molar-refractivity contribution in [1.82, 2.24) is 10.1 Å². The fraction of sp³-hybridized carbons (Fsp3) is 0.300. The molecule has 4 nitrogen and oxygen atoms in total. The van der Waals surface area contributed by atoms with Gasteiger partial charge >= 0.3 is 0 Å². The van der Waals surface area contributed by atoms with Gasteiger partial charge in [-0.1, -0.05) is 17.3 Å². The molecule has 0 bridgehead atoms. The largest absolute Gasteiger partial charge is 0.474 e. The van der Waals surface area contributed by atoms with Crippen molar-refractivity contribution in [2.45, 2.75) is 42.4 Å². The average molecular weight is 352 g/mol. The topological polar surface area (TPSA) is 48.2 Å². The summed E-state index contributed by atoms with van der Waals surface area (Å²) in [7, 11) is 0. The number of thioether (sulfide) groups is 1. The minimum Gasteiger partial charge on any atom is -0.474 e. The standard InChI is InChI=1S/C20H20N2O2S/c1-2-5-16(4-1)23-20-19(6-3-12-21-20)15-7-9-18(10-8-15)25-14-17-11-13-22-24-17/h3,6-13,16H,1-2,4-5,14H2. The summed E-state index contributed by atoms with van der Waals surface area (Å²) in [6.07, 6.45) is 8.56. The van der Waals surface area contributed by atoms with E-state index in [-0.39, 0.29) is 0 Å². The van der Waals surface area contributed by atoms with Gasteiger partial charge in [0.1, 0.15) is 11.9 Å². The van der Waals surface area contributed by atoms with Crippen LogP contribution in [0.1, 0.15) is 31.4 Å². The molecular formula is C20H20N2O2S. The molecule has 0 aliphatic heterocycles. The zero-order valence-corrected chi connectivity index (χ0v) is 14.7. The van der Waals surface area contributed by atoms with Crippen molar-refractivity contribution in [3.8, 4) is 17.0 Å². The second-order valence-corrected chi connectivity index (χ2v) is 7.22. The number of hydrogen-bond acceptors (Lipinski definition) is 5. The lowest BCUT2D eigenvalue weighted by Gasteiger charge is -2.15. The fourth-order valence-electron chi connectivity index (χ4n) is 3.07. The number of aromatic nitrogens is 2. The summed E-state index contributed by atoms with van der Waals surface area (Å²) < 4.78 is 11.3. The van der Waals surface area contributed by atoms with Gasteiger partial charge in [-0.05, 0) is 55.5 Å². The maximum atomic E-state index is 6.15. The Balaban J connectivity index is 1.47. The molecule has 0 spiro atoms. The van der Waals surface area contributed by atoms with Crippen LogP contribution in [-0.2, 0) is 5.75 Å². The summed E-state index contributed by atoms with van der Waals surface area (Å²) >= 11 is 1.73. The number of benzene rings is 1. The number of nitrogens with zero attached hydrogens (tertiary/aromatic N) is 2. The van der Waals surface area contributed by atoms with Crippen LogP contribution in [0.3, 0.4) is 0 Å². The van der Waals surface area contributed by atoms with Crippen molar-refractivity contribution in [3.63, 3.8) is 0 Å². The molecule has 0 unspecified atom stereocenters. The number of rotatable bonds is 6. The first-order valence-corrected chi connectivity index (χ1v) is 9.61. The first-order valence-electron chi connectivity index (χ1n) is 8.63. The molecule has 0 amide bonds. The summed E-state index contributed by atoms with van der Waals surface area (Å²) in [5.74, 6) is 2.41. The van der Waals surface area contributed by atoms with E-state index < -0.39 is 0 Å². The Morgan fingerprint density at radius 1 is 1.04 bits per heavy atom. The quantitative estimate of drug-likeness (QED) is 0.560. The highest BCUT2D eigenvalue weighted by Gasteiger charge is 2.19. The van der Waals surface area contributed by atoms with Crippen LogP contribution in [0.4, 0.5) is 0 Å². The molecule has 2 aromatic heterocycles. The smallest absolute Gasteiger partial charge is 0.221 e. The van der Waals surface area contributed by atoms with Crippen LogP contribution in [0.2, 0.25) is 0 Å². The van der Waals surface area contributed by atoms with Gasteiger partial charge in [0, 0.05) is 22.7 Å². The Kier molecular flexibility index (Phi) is 5.02. The molecule has 5 heteroatoms. The van der Waals surface area contributed by atoms with Gasteiger partial charge in [-0.3, -0.25) is 0 Å². The molecule has 1 aromatic carbocycles. The van der Waals surface area contributed by atoms with E-state index in [4.69, 9.17) is 9.26 Å². The second kappa shape index (κ2) is 7.74. The highest BCUT2D eigenvalue weighted by molar-refractivity contribution is 7.98. The number of hydrogen-bond donors (Lipinski definition) is 0. The van der Waals surface area contributed by atoms with Crippen molar-refractivity contribution < 1.29 is 9.26 Å². The molecule has 0 N–H and O–H groups in total. The molecule has 0 radical (unpaired) electrons. The minimum atomic E-state index is 0.311. The van der Waals surface area contributed by atoms with Crippen molar-refractivity contribution in [2.24, 2.45) is 0 Å². The van der Waals surface area contributed by atoms with E-state index in [1.54, 1.807) is 24.2 Å². The summed E-state index contributed by atoms with van der Waals surface area (Å²) in [6.45, 7) is 0. The summed E-state index contributed by atoms with van der Waals surface area (Å²) in [5, 5.41) is 3.73. The molecule has 3 aromatic rings. The van der Waals surface area contributed by atoms with Crippen molar-refractivity contribution in [1.29, 1.82) is 0 Å². The molecule has 4 rings (SSSR count). The molecule has 0 saturated heterocycles. The molecule has 128 valence electrons. The SMILES string of the molecule is c1cnc(OC2CCCC2)c(-c2ccc(SCc3ccno3)cc2)c1. The third-order valence-corrected chi connectivity index (χ3v) is 5.42. The van der Waals surface area contributed by atoms with Gasteiger partial charge < -0.3 is 9.26 Å². The van der Waals surface area contributed by atoms with Crippen LogP contribution in [-0.4, -0.2) is 16.2 Å². The van der Waals surface area contributed by atoms with Crippen molar-refractivity contribution in [2.75, 3.05) is 0 Å². The molecule has 0 atom stereocenters. The average Bonchev–Trinajstić information content (AvgIpc) is 3.35. The van der Waals surface area contributed by atoms with Gasteiger partial charge in [0.05, 0.1) is 11.9 Å². The predicted molar refractivity (Wildman–Crippen MR) is 98.6 cm³/mol. The van der Waals surface area contributed by atoms with Gasteiger partial charge in [0.25, 0.3) is 0 Å². The maximum absolute atomic E-state index is 6.15. The van der Waals surface area contributed by atoms with E-state index in [1.807, 2.05) is 12.1 Å². The zero-order valence-electron chi connectivity index (χ0n) is 13.9. The molecule has 1 fully saturated rings. The molecule has 1 saturated carbocycles. The Morgan fingerprint density at radius 3 is 2.64 bits per heavy atom.